The topological polar surface area (TPSA) is 113 Å². The van der Waals surface area contributed by atoms with Gasteiger partial charge in [-0.2, -0.15) is 0 Å². The molecule has 10 heteroatoms. The third kappa shape index (κ3) is 5.41. The highest BCUT2D eigenvalue weighted by atomic mass is 32.2. The van der Waals surface area contributed by atoms with Gasteiger partial charge in [-0.25, -0.2) is 4.79 Å². The summed E-state index contributed by atoms with van der Waals surface area (Å²) < 4.78 is 11.3. The molecule has 3 rings (SSSR count). The molecule has 0 unspecified atom stereocenters. The van der Waals surface area contributed by atoms with E-state index in [1.165, 1.54) is 19.2 Å². The molecule has 1 amide bonds. The number of carboxylic acids is 2. The number of rotatable bonds is 8. The van der Waals surface area contributed by atoms with Crippen molar-refractivity contribution in [3.05, 3.63) is 64.1 Å². The van der Waals surface area contributed by atoms with E-state index in [9.17, 15) is 14.4 Å². The molecule has 1 heterocycles. The molecule has 1 saturated heterocycles. The second-order valence-corrected chi connectivity index (χ2v) is 8.04. The molecule has 0 aliphatic carbocycles. The van der Waals surface area contributed by atoms with Gasteiger partial charge in [0.2, 0.25) is 0 Å². The number of hydrogen-bond acceptors (Lipinski definition) is 7. The number of carbonyl (C=O) groups is 3. The van der Waals surface area contributed by atoms with E-state index in [0.29, 0.717) is 22.0 Å². The van der Waals surface area contributed by atoms with Crippen molar-refractivity contribution in [2.45, 2.75) is 6.61 Å². The summed E-state index contributed by atoms with van der Waals surface area (Å²) in [6, 6.07) is 11.5. The summed E-state index contributed by atoms with van der Waals surface area (Å²) in [6.45, 7) is -0.269. The Balaban J connectivity index is 1.73. The van der Waals surface area contributed by atoms with Crippen LogP contribution >= 0.6 is 24.0 Å². The Kier molecular flexibility index (Phi) is 6.93. The number of hydrogen-bond donors (Lipinski definition) is 2. The molecule has 8 nitrogen and oxygen atoms in total. The first kappa shape index (κ1) is 22.3. The Morgan fingerprint density at radius 1 is 1.13 bits per heavy atom. The van der Waals surface area contributed by atoms with Crippen LogP contribution < -0.4 is 9.47 Å². The van der Waals surface area contributed by atoms with E-state index in [4.69, 9.17) is 31.9 Å². The van der Waals surface area contributed by atoms with Crippen molar-refractivity contribution in [3.8, 4) is 11.5 Å². The monoisotopic (exact) mass is 459 g/mol. The fraction of sp³-hybridized carbons (Fsp3) is 0.143. The standard InChI is InChI=1S/C21H17NO7S2/c1-28-16-8-13(9-17-19(25)22(10-18(23)24)21(30)31-17)4-7-15(16)29-11-12-2-5-14(6-3-12)20(26)27/h2-9H,10-11H2,1H3,(H,23,24)(H,26,27)/b17-9+. The number of thioether (sulfide) groups is 1. The summed E-state index contributed by atoms with van der Waals surface area (Å²) in [5.41, 5.74) is 1.64. The lowest BCUT2D eigenvalue weighted by atomic mass is 10.1. The number of thiocarbonyl (C=S) groups is 1. The number of aliphatic carboxylic acids is 1. The molecule has 0 saturated carbocycles. The molecular weight excluding hydrogens is 442 g/mol. The van der Waals surface area contributed by atoms with Gasteiger partial charge in [0.25, 0.3) is 5.91 Å². The van der Waals surface area contributed by atoms with E-state index in [1.54, 1.807) is 36.4 Å². The first-order valence-electron chi connectivity index (χ1n) is 8.88. The van der Waals surface area contributed by atoms with Crippen LogP contribution in [0, 0.1) is 0 Å². The van der Waals surface area contributed by atoms with E-state index < -0.39 is 24.4 Å². The van der Waals surface area contributed by atoms with Crippen LogP contribution in [0.15, 0.2) is 47.4 Å². The molecule has 0 radical (unpaired) electrons. The summed E-state index contributed by atoms with van der Waals surface area (Å²) in [7, 11) is 1.49. The Morgan fingerprint density at radius 3 is 2.45 bits per heavy atom. The molecule has 0 spiro atoms. The predicted molar refractivity (Wildman–Crippen MR) is 118 cm³/mol. The highest BCUT2D eigenvalue weighted by Gasteiger charge is 2.33. The van der Waals surface area contributed by atoms with Gasteiger partial charge < -0.3 is 19.7 Å². The Labute approximate surface area is 187 Å². The molecule has 1 aliphatic heterocycles. The van der Waals surface area contributed by atoms with Gasteiger partial charge >= 0.3 is 11.9 Å². The van der Waals surface area contributed by atoms with Crippen LogP contribution in [0.5, 0.6) is 11.5 Å². The van der Waals surface area contributed by atoms with Gasteiger partial charge in [0.05, 0.1) is 17.6 Å². The Morgan fingerprint density at radius 2 is 1.84 bits per heavy atom. The number of benzene rings is 2. The smallest absolute Gasteiger partial charge is 0.335 e. The molecule has 1 aliphatic rings. The van der Waals surface area contributed by atoms with Crippen LogP contribution in [0.3, 0.4) is 0 Å². The third-order valence-electron chi connectivity index (χ3n) is 4.25. The molecule has 2 aromatic carbocycles. The predicted octanol–water partition coefficient (Wildman–Crippen LogP) is 3.26. The zero-order valence-electron chi connectivity index (χ0n) is 16.2. The number of aromatic carboxylic acids is 1. The van der Waals surface area contributed by atoms with Crippen molar-refractivity contribution in [2.75, 3.05) is 13.7 Å². The minimum Gasteiger partial charge on any atom is -0.493 e. The van der Waals surface area contributed by atoms with Crippen LogP contribution in [0.2, 0.25) is 0 Å². The fourth-order valence-electron chi connectivity index (χ4n) is 2.72. The highest BCUT2D eigenvalue weighted by Crippen LogP contribution is 2.34. The Bertz CT molecular complexity index is 1080. The minimum absolute atomic E-state index is 0.194. The van der Waals surface area contributed by atoms with Gasteiger partial charge in [-0.1, -0.05) is 42.2 Å². The summed E-state index contributed by atoms with van der Waals surface area (Å²) in [6.07, 6.45) is 1.61. The second-order valence-electron chi connectivity index (χ2n) is 6.36. The maximum atomic E-state index is 12.4. The molecule has 0 bridgehead atoms. The summed E-state index contributed by atoms with van der Waals surface area (Å²) in [5.74, 6) is -1.68. The number of carboxylic acid groups (broad SMARTS) is 2. The van der Waals surface area contributed by atoms with Crippen molar-refractivity contribution in [1.82, 2.24) is 4.90 Å². The molecule has 1 fully saturated rings. The summed E-state index contributed by atoms with van der Waals surface area (Å²) in [5, 5.41) is 17.9. The Hall–Kier alpha value is -3.37. The van der Waals surface area contributed by atoms with E-state index in [1.807, 2.05) is 0 Å². The summed E-state index contributed by atoms with van der Waals surface area (Å²) in [4.78, 5) is 35.6. The van der Waals surface area contributed by atoms with Crippen molar-refractivity contribution in [2.24, 2.45) is 0 Å². The lowest BCUT2D eigenvalue weighted by Gasteiger charge is -2.12. The maximum absolute atomic E-state index is 12.4. The number of nitrogens with zero attached hydrogens (tertiary/aromatic N) is 1. The maximum Gasteiger partial charge on any atom is 0.335 e. The fourth-order valence-corrected chi connectivity index (χ4v) is 3.98. The largest absolute Gasteiger partial charge is 0.493 e. The molecule has 160 valence electrons. The van der Waals surface area contributed by atoms with E-state index >= 15 is 0 Å². The third-order valence-corrected chi connectivity index (χ3v) is 5.63. The van der Waals surface area contributed by atoms with Gasteiger partial charge in [0.15, 0.2) is 11.5 Å². The minimum atomic E-state index is -1.14. The van der Waals surface area contributed by atoms with Crippen molar-refractivity contribution in [3.63, 3.8) is 0 Å². The number of methoxy groups -OCH3 is 1. The average Bonchev–Trinajstić information content (AvgIpc) is 2.99. The SMILES string of the molecule is COc1cc(/C=C2/SC(=S)N(CC(=O)O)C2=O)ccc1OCc1ccc(C(=O)O)cc1. The molecule has 0 aromatic heterocycles. The van der Waals surface area contributed by atoms with Crippen LogP contribution in [-0.2, 0) is 16.2 Å². The van der Waals surface area contributed by atoms with Gasteiger partial charge in [0.1, 0.15) is 17.5 Å². The average molecular weight is 460 g/mol. The first-order valence-corrected chi connectivity index (χ1v) is 10.1. The zero-order valence-corrected chi connectivity index (χ0v) is 17.9. The molecule has 2 N–H and O–H groups in total. The molecular formula is C21H17NO7S2. The van der Waals surface area contributed by atoms with E-state index in [-0.39, 0.29) is 16.5 Å². The summed E-state index contributed by atoms with van der Waals surface area (Å²) >= 11 is 6.13. The number of amides is 1. The molecule has 0 atom stereocenters. The van der Waals surface area contributed by atoms with Gasteiger partial charge in [-0.05, 0) is 41.5 Å². The van der Waals surface area contributed by atoms with Crippen molar-refractivity contribution < 1.29 is 34.1 Å². The van der Waals surface area contributed by atoms with Crippen LogP contribution in [0.25, 0.3) is 6.08 Å². The second kappa shape index (κ2) is 9.63. The van der Waals surface area contributed by atoms with Crippen LogP contribution in [0.4, 0.5) is 0 Å². The van der Waals surface area contributed by atoms with Gasteiger partial charge in [-0.3, -0.25) is 14.5 Å². The van der Waals surface area contributed by atoms with Crippen LogP contribution in [0.1, 0.15) is 21.5 Å². The lowest BCUT2D eigenvalue weighted by Crippen LogP contribution is -2.33. The molecule has 2 aromatic rings. The molecule has 31 heavy (non-hydrogen) atoms. The normalized spacial score (nSPS) is 14.7. The quantitative estimate of drug-likeness (QED) is 0.453. The van der Waals surface area contributed by atoms with Gasteiger partial charge in [0, 0.05) is 0 Å². The number of carbonyl (C=O) groups excluding carboxylic acids is 1. The number of ether oxygens (including phenoxy) is 2. The van der Waals surface area contributed by atoms with Crippen LogP contribution in [-0.4, -0.2) is 50.9 Å². The van der Waals surface area contributed by atoms with Crippen molar-refractivity contribution in [1.29, 1.82) is 0 Å². The first-order chi connectivity index (χ1) is 14.8. The van der Waals surface area contributed by atoms with Crippen molar-refractivity contribution >= 4 is 52.2 Å². The van der Waals surface area contributed by atoms with Gasteiger partial charge in [-0.15, -0.1) is 0 Å². The van der Waals surface area contributed by atoms with E-state index in [2.05, 4.69) is 0 Å². The van der Waals surface area contributed by atoms with E-state index in [0.717, 1.165) is 22.2 Å². The zero-order chi connectivity index (χ0) is 22.5. The lowest BCUT2D eigenvalue weighted by molar-refractivity contribution is -0.140. The highest BCUT2D eigenvalue weighted by molar-refractivity contribution is 8.26.